The van der Waals surface area contributed by atoms with Gasteiger partial charge in [-0.1, -0.05) is 72.8 Å². The van der Waals surface area contributed by atoms with Crippen molar-refractivity contribution in [2.45, 2.75) is 30.5 Å². The summed E-state index contributed by atoms with van der Waals surface area (Å²) in [5, 5.41) is 0. The van der Waals surface area contributed by atoms with Crippen molar-refractivity contribution in [2.75, 3.05) is 26.4 Å². The number of rotatable bonds is 8. The molecule has 0 N–H and O–H groups in total. The molecule has 1 aliphatic carbocycles. The number of hydrogen-bond acceptors (Lipinski definition) is 4. The molecule has 4 aromatic carbocycles. The second kappa shape index (κ2) is 9.37. The van der Waals surface area contributed by atoms with Crippen LogP contribution in [0.2, 0.25) is 0 Å². The quantitative estimate of drug-likeness (QED) is 0.253. The monoisotopic (exact) mass is 490 g/mol. The van der Waals surface area contributed by atoms with E-state index in [1.54, 1.807) is 0 Å². The third kappa shape index (κ3) is 3.83. The van der Waals surface area contributed by atoms with Gasteiger partial charge in [0, 0.05) is 26.1 Å². The minimum absolute atomic E-state index is 0.219. The zero-order valence-electron chi connectivity index (χ0n) is 20.8. The maximum atomic E-state index is 6.03. The predicted molar refractivity (Wildman–Crippen MR) is 143 cm³/mol. The molecular weight excluding hydrogens is 460 g/mol. The van der Waals surface area contributed by atoms with Gasteiger partial charge in [0.25, 0.3) is 0 Å². The summed E-state index contributed by atoms with van der Waals surface area (Å²) in [7, 11) is 0. The number of ether oxygens (including phenoxy) is 4. The van der Waals surface area contributed by atoms with Gasteiger partial charge in [0.1, 0.15) is 24.7 Å². The maximum absolute atomic E-state index is 6.03. The number of fused-ring (bicyclic) bond motifs is 3. The summed E-state index contributed by atoms with van der Waals surface area (Å²) >= 11 is 0. The highest BCUT2D eigenvalue weighted by Gasteiger charge is 2.45. The van der Waals surface area contributed by atoms with Crippen LogP contribution in [0, 0.1) is 0 Å². The third-order valence-electron chi connectivity index (χ3n) is 7.99. The van der Waals surface area contributed by atoms with Gasteiger partial charge in [-0.25, -0.2) is 0 Å². The van der Waals surface area contributed by atoms with Gasteiger partial charge in [-0.15, -0.1) is 0 Å². The van der Waals surface area contributed by atoms with E-state index >= 15 is 0 Å². The molecule has 0 aromatic heterocycles. The van der Waals surface area contributed by atoms with Gasteiger partial charge in [0.05, 0.1) is 17.6 Å². The molecule has 0 saturated carbocycles. The summed E-state index contributed by atoms with van der Waals surface area (Å²) < 4.78 is 23.1. The normalized spacial score (nSPS) is 20.8. The van der Waals surface area contributed by atoms with Crippen LogP contribution >= 0.6 is 0 Å². The van der Waals surface area contributed by atoms with Crippen LogP contribution in [0.4, 0.5) is 0 Å². The minimum atomic E-state index is -0.432. The Labute approximate surface area is 217 Å². The van der Waals surface area contributed by atoms with Crippen molar-refractivity contribution in [1.29, 1.82) is 0 Å². The molecule has 0 amide bonds. The Morgan fingerprint density at radius 1 is 0.568 bits per heavy atom. The fourth-order valence-corrected chi connectivity index (χ4v) is 5.84. The van der Waals surface area contributed by atoms with Crippen LogP contribution in [-0.4, -0.2) is 38.6 Å². The summed E-state index contributed by atoms with van der Waals surface area (Å²) in [5.41, 5.74) is 7.15. The van der Waals surface area contributed by atoms with E-state index in [0.29, 0.717) is 13.2 Å². The predicted octanol–water partition coefficient (Wildman–Crippen LogP) is 6.39. The first-order valence-electron chi connectivity index (χ1n) is 13.2. The van der Waals surface area contributed by atoms with Crippen LogP contribution in [0.3, 0.4) is 0 Å². The average molecular weight is 491 g/mol. The van der Waals surface area contributed by atoms with E-state index in [2.05, 4.69) is 97.1 Å². The van der Waals surface area contributed by atoms with E-state index in [9.17, 15) is 0 Å². The molecule has 2 atom stereocenters. The zero-order chi connectivity index (χ0) is 24.7. The maximum Gasteiger partial charge on any atom is 0.119 e. The third-order valence-corrected chi connectivity index (χ3v) is 7.99. The lowest BCUT2D eigenvalue weighted by molar-refractivity contribution is -0.0721. The van der Waals surface area contributed by atoms with Crippen molar-refractivity contribution >= 4 is 0 Å². The molecule has 4 nitrogen and oxygen atoms in total. The van der Waals surface area contributed by atoms with Crippen LogP contribution in [0.1, 0.15) is 35.1 Å². The largest absolute Gasteiger partial charge is 0.491 e. The molecule has 2 unspecified atom stereocenters. The zero-order valence-corrected chi connectivity index (χ0v) is 20.8. The lowest BCUT2D eigenvalue weighted by atomic mass is 9.68. The topological polar surface area (TPSA) is 36.9 Å². The molecule has 2 heterocycles. The fraction of sp³-hybridized carbons (Fsp3) is 0.273. The van der Waals surface area contributed by atoms with E-state index in [4.69, 9.17) is 18.9 Å². The van der Waals surface area contributed by atoms with Gasteiger partial charge < -0.3 is 18.9 Å². The summed E-state index contributed by atoms with van der Waals surface area (Å²) in [5.74, 6) is 1.74. The Bertz CT molecular complexity index is 1280. The van der Waals surface area contributed by atoms with E-state index in [0.717, 1.165) is 37.6 Å². The van der Waals surface area contributed by atoms with Gasteiger partial charge in [-0.3, -0.25) is 0 Å². The molecule has 0 bridgehead atoms. The second-order valence-corrected chi connectivity index (χ2v) is 10.1. The van der Waals surface area contributed by atoms with Crippen molar-refractivity contribution in [3.05, 3.63) is 119 Å². The van der Waals surface area contributed by atoms with E-state index in [1.807, 2.05) is 0 Å². The van der Waals surface area contributed by atoms with E-state index in [1.165, 1.54) is 33.4 Å². The van der Waals surface area contributed by atoms with E-state index < -0.39 is 5.41 Å². The first-order chi connectivity index (χ1) is 18.3. The molecule has 2 fully saturated rings. The smallest absolute Gasteiger partial charge is 0.119 e. The van der Waals surface area contributed by atoms with Crippen LogP contribution in [-0.2, 0) is 14.9 Å². The number of hydrogen-bond donors (Lipinski definition) is 0. The van der Waals surface area contributed by atoms with Crippen LogP contribution in [0.15, 0.2) is 97.1 Å². The standard InChI is InChI=1S/C33H30O4/c1-3-7-31-29(5-1)30-6-2-4-8-32(30)33(31,23-9-13-25(14-10-23)36-21-27-17-19-34-27)24-11-15-26(16-12-24)37-22-28-18-20-35-28/h1-16,27-28H,17-22H2. The molecule has 186 valence electrons. The van der Waals surface area contributed by atoms with E-state index in [-0.39, 0.29) is 12.2 Å². The molecule has 0 radical (unpaired) electrons. The first-order valence-corrected chi connectivity index (χ1v) is 13.2. The van der Waals surface area contributed by atoms with Gasteiger partial charge in [-0.05, 0) is 57.6 Å². The highest BCUT2D eigenvalue weighted by Crippen LogP contribution is 2.56. The van der Waals surface area contributed by atoms with Crippen molar-refractivity contribution in [2.24, 2.45) is 0 Å². The molecule has 7 rings (SSSR count). The molecule has 2 saturated heterocycles. The fourth-order valence-electron chi connectivity index (χ4n) is 5.84. The van der Waals surface area contributed by atoms with Crippen molar-refractivity contribution < 1.29 is 18.9 Å². The van der Waals surface area contributed by atoms with Crippen molar-refractivity contribution in [1.82, 2.24) is 0 Å². The second-order valence-electron chi connectivity index (χ2n) is 10.1. The molecule has 37 heavy (non-hydrogen) atoms. The Morgan fingerprint density at radius 2 is 0.973 bits per heavy atom. The highest BCUT2D eigenvalue weighted by molar-refractivity contribution is 5.86. The highest BCUT2D eigenvalue weighted by atomic mass is 16.6. The SMILES string of the molecule is c1ccc2c(c1)-c1ccccc1C2(c1ccc(OCC2CCO2)cc1)c1ccc(OCC2CCO2)cc1. The Kier molecular flexibility index (Phi) is 5.72. The van der Waals surface area contributed by atoms with Gasteiger partial charge >= 0.3 is 0 Å². The molecule has 4 aromatic rings. The summed E-state index contributed by atoms with van der Waals surface area (Å²) in [6.45, 7) is 2.88. The van der Waals surface area contributed by atoms with Crippen molar-refractivity contribution in [3.63, 3.8) is 0 Å². The first kappa shape index (κ1) is 22.6. The molecular formula is C33H30O4. The van der Waals surface area contributed by atoms with Crippen LogP contribution < -0.4 is 9.47 Å². The summed E-state index contributed by atoms with van der Waals surface area (Å²) in [6.07, 6.45) is 2.58. The average Bonchev–Trinajstić information content (AvgIpc) is 3.19. The molecule has 2 aliphatic heterocycles. The lowest BCUT2D eigenvalue weighted by Gasteiger charge is -2.34. The lowest BCUT2D eigenvalue weighted by Crippen LogP contribution is -2.32. The van der Waals surface area contributed by atoms with Crippen molar-refractivity contribution in [3.8, 4) is 22.6 Å². The summed E-state index contributed by atoms with van der Waals surface area (Å²) in [6, 6.07) is 34.8. The Hall–Kier alpha value is -3.60. The molecule has 4 heteroatoms. The van der Waals surface area contributed by atoms with Crippen LogP contribution in [0.5, 0.6) is 11.5 Å². The van der Waals surface area contributed by atoms with Crippen LogP contribution in [0.25, 0.3) is 11.1 Å². The summed E-state index contributed by atoms with van der Waals surface area (Å²) in [4.78, 5) is 0. The Balaban J connectivity index is 1.30. The number of benzene rings is 4. The van der Waals surface area contributed by atoms with Gasteiger partial charge in [-0.2, -0.15) is 0 Å². The van der Waals surface area contributed by atoms with Gasteiger partial charge in [0.2, 0.25) is 0 Å². The minimum Gasteiger partial charge on any atom is -0.491 e. The van der Waals surface area contributed by atoms with Gasteiger partial charge in [0.15, 0.2) is 0 Å². The molecule has 0 spiro atoms. The molecule has 3 aliphatic rings. The Morgan fingerprint density at radius 3 is 1.35 bits per heavy atom.